The first-order chi connectivity index (χ1) is 31.3. The highest BCUT2D eigenvalue weighted by Crippen LogP contribution is 2.23. The summed E-state index contributed by atoms with van der Waals surface area (Å²) in [5, 5.41) is 54.3. The van der Waals surface area contributed by atoms with Gasteiger partial charge in [0, 0.05) is 6.42 Å². The molecule has 0 bridgehead atoms. The van der Waals surface area contributed by atoms with Crippen LogP contribution in [-0.2, 0) is 14.3 Å². The van der Waals surface area contributed by atoms with E-state index in [-0.39, 0.29) is 12.5 Å². The van der Waals surface area contributed by atoms with Crippen molar-refractivity contribution in [3.05, 3.63) is 72.9 Å². The van der Waals surface area contributed by atoms with Gasteiger partial charge >= 0.3 is 0 Å². The van der Waals surface area contributed by atoms with Crippen molar-refractivity contribution in [1.82, 2.24) is 5.32 Å². The lowest BCUT2D eigenvalue weighted by atomic mass is 9.99. The highest BCUT2D eigenvalue weighted by Gasteiger charge is 2.44. The second-order valence-corrected chi connectivity index (χ2v) is 17.9. The Balaban J connectivity index is 2.20. The number of aliphatic hydroxyl groups excluding tert-OH is 5. The van der Waals surface area contributed by atoms with E-state index in [1.54, 1.807) is 6.08 Å². The number of amides is 1. The molecule has 1 saturated heterocycles. The topological polar surface area (TPSA) is 149 Å². The van der Waals surface area contributed by atoms with Gasteiger partial charge in [-0.05, 0) is 64.2 Å². The number of carbonyl (C=O) groups is 1. The Morgan fingerprint density at radius 3 is 1.44 bits per heavy atom. The molecule has 1 aliphatic rings. The first-order valence-electron chi connectivity index (χ1n) is 26.2. The summed E-state index contributed by atoms with van der Waals surface area (Å²) in [5.41, 5.74) is 0. The minimum Gasteiger partial charge on any atom is -0.394 e. The second kappa shape index (κ2) is 44.5. The lowest BCUT2D eigenvalue weighted by molar-refractivity contribution is -0.302. The van der Waals surface area contributed by atoms with Crippen LogP contribution in [0.2, 0.25) is 0 Å². The molecule has 7 atom stereocenters. The zero-order valence-corrected chi connectivity index (χ0v) is 40.8. The molecule has 1 rings (SSSR count). The summed E-state index contributed by atoms with van der Waals surface area (Å²) in [6.45, 7) is 3.65. The predicted molar refractivity (Wildman–Crippen MR) is 267 cm³/mol. The van der Waals surface area contributed by atoms with E-state index >= 15 is 0 Å². The van der Waals surface area contributed by atoms with Crippen LogP contribution in [0.15, 0.2) is 72.9 Å². The summed E-state index contributed by atoms with van der Waals surface area (Å²) in [6.07, 6.45) is 53.9. The van der Waals surface area contributed by atoms with E-state index in [4.69, 9.17) is 9.47 Å². The van der Waals surface area contributed by atoms with Crippen LogP contribution >= 0.6 is 0 Å². The van der Waals surface area contributed by atoms with Crippen LogP contribution in [-0.4, -0.2) is 87.5 Å². The van der Waals surface area contributed by atoms with Gasteiger partial charge in [-0.2, -0.15) is 0 Å². The fourth-order valence-corrected chi connectivity index (χ4v) is 7.89. The van der Waals surface area contributed by atoms with E-state index in [1.165, 1.54) is 122 Å². The zero-order chi connectivity index (χ0) is 46.6. The number of aliphatic hydroxyl groups is 5. The molecule has 1 heterocycles. The van der Waals surface area contributed by atoms with Crippen molar-refractivity contribution in [1.29, 1.82) is 0 Å². The minimum atomic E-state index is -1.57. The molecule has 0 aliphatic carbocycles. The Bertz CT molecular complexity index is 1230. The summed E-state index contributed by atoms with van der Waals surface area (Å²) in [4.78, 5) is 13.0. The van der Waals surface area contributed by atoms with Gasteiger partial charge in [0.2, 0.25) is 5.91 Å². The molecule has 0 radical (unpaired) electrons. The van der Waals surface area contributed by atoms with Gasteiger partial charge in [-0.3, -0.25) is 4.79 Å². The van der Waals surface area contributed by atoms with E-state index in [9.17, 15) is 30.3 Å². The number of carbonyl (C=O) groups excluding carboxylic acids is 1. The highest BCUT2D eigenvalue weighted by molar-refractivity contribution is 5.76. The molecule has 370 valence electrons. The standard InChI is InChI=1S/C55H97NO8/c1-3-5-7-9-11-13-15-17-18-19-20-21-22-23-24-25-26-27-28-29-30-31-32-33-35-37-39-41-43-45-51(59)56-48(47-63-55-54(62)53(61)52(60)50(46-57)64-55)49(58)44-42-40-38-36-34-16-14-12-10-8-6-4-2/h5,7,11,13,17-18,20-21,23-24,42,44,48-50,52-55,57-58,60-62H,3-4,6,8-10,12,14-16,19,22,25-41,43,45-47H2,1-2H3,(H,56,59)/b7-5-,13-11-,18-17-,21-20-,24-23-,44-42+. The zero-order valence-electron chi connectivity index (χ0n) is 40.8. The van der Waals surface area contributed by atoms with Gasteiger partial charge in [0.25, 0.3) is 0 Å². The first-order valence-corrected chi connectivity index (χ1v) is 26.2. The minimum absolute atomic E-state index is 0.182. The van der Waals surface area contributed by atoms with E-state index in [2.05, 4.69) is 79.9 Å². The molecular formula is C55H97NO8. The molecule has 64 heavy (non-hydrogen) atoms. The third kappa shape index (κ3) is 34.0. The van der Waals surface area contributed by atoms with Crippen LogP contribution in [0, 0.1) is 0 Å². The van der Waals surface area contributed by atoms with Crippen molar-refractivity contribution in [2.75, 3.05) is 13.2 Å². The number of rotatable bonds is 43. The Hall–Kier alpha value is -2.37. The van der Waals surface area contributed by atoms with Crippen molar-refractivity contribution in [3.8, 4) is 0 Å². The molecule has 0 aromatic heterocycles. The molecule has 0 saturated carbocycles. The molecule has 7 unspecified atom stereocenters. The number of allylic oxidation sites excluding steroid dienone is 11. The normalized spacial score (nSPS) is 20.6. The van der Waals surface area contributed by atoms with Gasteiger partial charge in [0.1, 0.15) is 24.4 Å². The van der Waals surface area contributed by atoms with Crippen LogP contribution in [0.3, 0.4) is 0 Å². The lowest BCUT2D eigenvalue weighted by Gasteiger charge is -2.40. The SMILES string of the molecule is CC/C=C\C/C=C\C/C=C\C/C=C\C/C=C\CCCCCCCCCCCCCCCC(=O)NC(COC1OC(CO)C(O)C(O)C1O)C(O)/C=C/CCCCCCCCCCCC. The van der Waals surface area contributed by atoms with Crippen molar-refractivity contribution in [3.63, 3.8) is 0 Å². The van der Waals surface area contributed by atoms with Crippen LogP contribution in [0.1, 0.15) is 213 Å². The molecule has 0 aromatic rings. The van der Waals surface area contributed by atoms with Crippen LogP contribution in [0.25, 0.3) is 0 Å². The van der Waals surface area contributed by atoms with E-state index in [0.717, 1.165) is 70.6 Å². The van der Waals surface area contributed by atoms with Gasteiger partial charge in [-0.1, -0.05) is 215 Å². The van der Waals surface area contributed by atoms with Gasteiger partial charge in [0.05, 0.1) is 25.4 Å². The van der Waals surface area contributed by atoms with Gasteiger partial charge < -0.3 is 40.3 Å². The smallest absolute Gasteiger partial charge is 0.220 e. The molecule has 9 heteroatoms. The molecule has 9 nitrogen and oxygen atoms in total. The van der Waals surface area contributed by atoms with Gasteiger partial charge in [0.15, 0.2) is 6.29 Å². The Morgan fingerprint density at radius 1 is 0.547 bits per heavy atom. The van der Waals surface area contributed by atoms with Gasteiger partial charge in [-0.25, -0.2) is 0 Å². The fraction of sp³-hybridized carbons (Fsp3) is 0.764. The molecule has 1 amide bonds. The van der Waals surface area contributed by atoms with Gasteiger partial charge in [-0.15, -0.1) is 0 Å². The summed E-state index contributed by atoms with van der Waals surface area (Å²) >= 11 is 0. The van der Waals surface area contributed by atoms with Crippen molar-refractivity contribution < 1.29 is 39.8 Å². The summed E-state index contributed by atoms with van der Waals surface area (Å²) in [7, 11) is 0. The van der Waals surface area contributed by atoms with Crippen molar-refractivity contribution in [2.24, 2.45) is 0 Å². The fourth-order valence-electron chi connectivity index (χ4n) is 7.89. The predicted octanol–water partition coefficient (Wildman–Crippen LogP) is 12.1. The lowest BCUT2D eigenvalue weighted by Crippen LogP contribution is -2.60. The monoisotopic (exact) mass is 900 g/mol. The molecule has 6 N–H and O–H groups in total. The Labute approximate surface area is 391 Å². The van der Waals surface area contributed by atoms with E-state index < -0.39 is 49.5 Å². The number of hydrogen-bond acceptors (Lipinski definition) is 8. The Morgan fingerprint density at radius 2 is 0.969 bits per heavy atom. The summed E-state index contributed by atoms with van der Waals surface area (Å²) in [5.74, 6) is -0.182. The quantitative estimate of drug-likeness (QED) is 0.0262. The third-order valence-electron chi connectivity index (χ3n) is 12.0. The molecule has 0 aromatic carbocycles. The third-order valence-corrected chi connectivity index (χ3v) is 12.0. The molecule has 1 aliphatic heterocycles. The average Bonchev–Trinajstić information content (AvgIpc) is 3.29. The summed E-state index contributed by atoms with van der Waals surface area (Å²) < 4.78 is 11.2. The number of nitrogens with one attached hydrogen (secondary N) is 1. The molecular weight excluding hydrogens is 803 g/mol. The van der Waals surface area contributed by atoms with E-state index in [0.29, 0.717) is 6.42 Å². The average molecular weight is 900 g/mol. The van der Waals surface area contributed by atoms with Crippen LogP contribution in [0.4, 0.5) is 0 Å². The van der Waals surface area contributed by atoms with Crippen LogP contribution in [0.5, 0.6) is 0 Å². The van der Waals surface area contributed by atoms with Crippen molar-refractivity contribution >= 4 is 5.91 Å². The number of ether oxygens (including phenoxy) is 2. The number of unbranched alkanes of at least 4 members (excludes halogenated alkanes) is 23. The maximum Gasteiger partial charge on any atom is 0.220 e. The molecule has 1 fully saturated rings. The maximum atomic E-state index is 13.0. The second-order valence-electron chi connectivity index (χ2n) is 17.9. The highest BCUT2D eigenvalue weighted by atomic mass is 16.7. The van der Waals surface area contributed by atoms with E-state index in [1.807, 2.05) is 6.08 Å². The summed E-state index contributed by atoms with van der Waals surface area (Å²) in [6, 6.07) is -0.807. The Kier molecular flexibility index (Phi) is 41.4. The maximum absolute atomic E-state index is 13.0. The van der Waals surface area contributed by atoms with Crippen molar-refractivity contribution in [2.45, 2.75) is 256 Å². The largest absolute Gasteiger partial charge is 0.394 e. The first kappa shape index (κ1) is 59.6. The number of hydrogen-bond donors (Lipinski definition) is 6. The van der Waals surface area contributed by atoms with Crippen LogP contribution < -0.4 is 5.32 Å². The molecule has 0 spiro atoms.